The van der Waals surface area contributed by atoms with Crippen LogP contribution in [0.3, 0.4) is 0 Å². The van der Waals surface area contributed by atoms with Crippen molar-refractivity contribution < 1.29 is 5.21 Å². The molecule has 2 heterocycles. The van der Waals surface area contributed by atoms with E-state index in [0.717, 1.165) is 77.5 Å². The molecule has 1 saturated heterocycles. The molecule has 0 amide bonds. The Morgan fingerprint density at radius 2 is 1.53 bits per heavy atom. The van der Waals surface area contributed by atoms with E-state index >= 15 is 0 Å². The fraction of sp³-hybridized carbons (Fsp3) is 0.312. The molecule has 6 heteroatoms. The Kier molecular flexibility index (Phi) is 7.44. The fourth-order valence-corrected chi connectivity index (χ4v) is 5.26. The van der Waals surface area contributed by atoms with Gasteiger partial charge in [-0.25, -0.2) is 5.06 Å². The number of hydrogen-bond acceptors (Lipinski definition) is 6. The zero-order valence-electron chi connectivity index (χ0n) is 22.7. The van der Waals surface area contributed by atoms with Gasteiger partial charge in [-0.05, 0) is 85.0 Å². The first-order valence-corrected chi connectivity index (χ1v) is 13.3. The van der Waals surface area contributed by atoms with E-state index in [-0.39, 0.29) is 0 Å². The SMILES string of the molecule is CCN1CCN(Cc2ccc(-c3ccc4c(N(O)c5cc(C)c(C)c(C)c5)c(C#N)cnc4c3)cc2)CC1. The number of nitrogens with zero attached hydrogens (tertiary/aromatic N) is 5. The Labute approximate surface area is 225 Å². The maximum Gasteiger partial charge on any atom is 0.103 e. The normalized spacial score (nSPS) is 14.5. The van der Waals surface area contributed by atoms with E-state index in [2.05, 4.69) is 59.0 Å². The van der Waals surface area contributed by atoms with Gasteiger partial charge in [0.15, 0.2) is 0 Å². The van der Waals surface area contributed by atoms with Crippen LogP contribution < -0.4 is 5.06 Å². The molecule has 1 aliphatic heterocycles. The summed E-state index contributed by atoms with van der Waals surface area (Å²) < 4.78 is 0. The number of nitriles is 1. The summed E-state index contributed by atoms with van der Waals surface area (Å²) in [5.74, 6) is 0. The van der Waals surface area contributed by atoms with Crippen LogP contribution in [-0.2, 0) is 6.54 Å². The molecule has 0 atom stereocenters. The summed E-state index contributed by atoms with van der Waals surface area (Å²) in [6, 6.07) is 20.8. The number of rotatable bonds is 6. The average Bonchev–Trinajstić information content (AvgIpc) is 2.95. The summed E-state index contributed by atoms with van der Waals surface area (Å²) in [5.41, 5.74) is 8.99. The van der Waals surface area contributed by atoms with Crippen LogP contribution in [0.1, 0.15) is 34.7 Å². The Hall–Kier alpha value is -3.76. The van der Waals surface area contributed by atoms with E-state index in [1.54, 1.807) is 6.20 Å². The van der Waals surface area contributed by atoms with Crippen LogP contribution in [0.15, 0.2) is 60.8 Å². The number of likely N-dealkylation sites (N-methyl/N-ethyl adjacent to an activating group) is 1. The van der Waals surface area contributed by atoms with Crippen molar-refractivity contribution >= 4 is 22.3 Å². The molecule has 0 aliphatic carbocycles. The van der Waals surface area contributed by atoms with Gasteiger partial charge in [0.25, 0.3) is 0 Å². The molecule has 1 aromatic heterocycles. The summed E-state index contributed by atoms with van der Waals surface area (Å²) in [6.45, 7) is 15.0. The van der Waals surface area contributed by atoms with Crippen molar-refractivity contribution in [2.45, 2.75) is 34.2 Å². The van der Waals surface area contributed by atoms with E-state index in [1.165, 1.54) is 11.1 Å². The van der Waals surface area contributed by atoms with Crippen LogP contribution in [0.2, 0.25) is 0 Å². The summed E-state index contributed by atoms with van der Waals surface area (Å²) in [6.07, 6.45) is 1.54. The average molecular weight is 506 g/mol. The number of aromatic nitrogens is 1. The number of anilines is 2. The zero-order chi connectivity index (χ0) is 26.8. The molecule has 1 fully saturated rings. The van der Waals surface area contributed by atoms with Crippen LogP contribution in [0, 0.1) is 32.1 Å². The van der Waals surface area contributed by atoms with Gasteiger partial charge < -0.3 is 4.90 Å². The Balaban J connectivity index is 1.42. The second-order valence-electron chi connectivity index (χ2n) is 10.3. The molecular formula is C32H35N5O. The first kappa shape index (κ1) is 25.9. The maximum atomic E-state index is 11.3. The predicted octanol–water partition coefficient (Wildman–Crippen LogP) is 6.36. The number of fused-ring (bicyclic) bond motifs is 1. The molecule has 0 unspecified atom stereocenters. The Morgan fingerprint density at radius 1 is 0.895 bits per heavy atom. The van der Waals surface area contributed by atoms with Crippen molar-refractivity contribution in [3.8, 4) is 17.2 Å². The lowest BCUT2D eigenvalue weighted by Gasteiger charge is -2.34. The van der Waals surface area contributed by atoms with Crippen molar-refractivity contribution in [2.24, 2.45) is 0 Å². The van der Waals surface area contributed by atoms with E-state index in [4.69, 9.17) is 0 Å². The molecule has 0 bridgehead atoms. The van der Waals surface area contributed by atoms with Crippen LogP contribution in [0.25, 0.3) is 22.0 Å². The molecule has 1 N–H and O–H groups in total. The third-order valence-electron chi connectivity index (χ3n) is 7.93. The van der Waals surface area contributed by atoms with Gasteiger partial charge in [0.05, 0.1) is 22.5 Å². The van der Waals surface area contributed by atoms with Gasteiger partial charge in [-0.3, -0.25) is 15.1 Å². The number of piperazine rings is 1. The summed E-state index contributed by atoms with van der Waals surface area (Å²) in [4.78, 5) is 9.58. The zero-order valence-corrected chi connectivity index (χ0v) is 22.7. The third-order valence-corrected chi connectivity index (χ3v) is 7.93. The summed E-state index contributed by atoms with van der Waals surface area (Å²) >= 11 is 0. The minimum atomic E-state index is 0.327. The van der Waals surface area contributed by atoms with E-state index < -0.39 is 0 Å². The first-order valence-electron chi connectivity index (χ1n) is 13.3. The smallest absolute Gasteiger partial charge is 0.103 e. The highest BCUT2D eigenvalue weighted by molar-refractivity contribution is 5.97. The highest BCUT2D eigenvalue weighted by Crippen LogP contribution is 2.36. The van der Waals surface area contributed by atoms with Crippen molar-refractivity contribution in [2.75, 3.05) is 37.8 Å². The van der Waals surface area contributed by atoms with Gasteiger partial charge in [-0.1, -0.05) is 37.3 Å². The monoisotopic (exact) mass is 505 g/mol. The minimum Gasteiger partial charge on any atom is -0.301 e. The van der Waals surface area contributed by atoms with Crippen LogP contribution in [-0.4, -0.2) is 52.7 Å². The molecule has 6 nitrogen and oxygen atoms in total. The fourth-order valence-electron chi connectivity index (χ4n) is 5.26. The van der Waals surface area contributed by atoms with Crippen molar-refractivity contribution in [3.05, 3.63) is 88.6 Å². The van der Waals surface area contributed by atoms with Crippen LogP contribution in [0.4, 0.5) is 11.4 Å². The number of aryl methyl sites for hydroxylation is 2. The van der Waals surface area contributed by atoms with Gasteiger partial charge >= 0.3 is 0 Å². The first-order chi connectivity index (χ1) is 18.4. The van der Waals surface area contributed by atoms with Gasteiger partial charge in [-0.15, -0.1) is 0 Å². The van der Waals surface area contributed by atoms with Crippen molar-refractivity contribution in [1.82, 2.24) is 14.8 Å². The maximum absolute atomic E-state index is 11.3. The standard InChI is InChI=1S/C32H35N5O/c1-5-35-12-14-36(15-13-35)21-25-6-8-26(9-7-25)27-10-11-30-31(18-27)34-20-28(19-33)32(30)37(38)29-16-22(2)24(4)23(3)17-29/h6-11,16-18,20,38H,5,12-15,21H2,1-4H3. The number of pyridine rings is 1. The summed E-state index contributed by atoms with van der Waals surface area (Å²) in [5, 5.41) is 22.9. The van der Waals surface area contributed by atoms with Gasteiger partial charge in [0.1, 0.15) is 6.07 Å². The second kappa shape index (κ2) is 10.9. The Morgan fingerprint density at radius 3 is 2.16 bits per heavy atom. The van der Waals surface area contributed by atoms with Crippen LogP contribution >= 0.6 is 0 Å². The molecule has 0 spiro atoms. The molecule has 4 aromatic rings. The highest BCUT2D eigenvalue weighted by atomic mass is 16.5. The number of hydrogen-bond donors (Lipinski definition) is 1. The topological polar surface area (TPSA) is 66.6 Å². The lowest BCUT2D eigenvalue weighted by atomic mass is 10.00. The van der Waals surface area contributed by atoms with Gasteiger partial charge in [0.2, 0.25) is 0 Å². The highest BCUT2D eigenvalue weighted by Gasteiger charge is 2.19. The van der Waals surface area contributed by atoms with Crippen molar-refractivity contribution in [1.29, 1.82) is 5.26 Å². The molecule has 0 saturated carbocycles. The molecule has 194 valence electrons. The molecule has 1 aliphatic rings. The second-order valence-corrected chi connectivity index (χ2v) is 10.3. The van der Waals surface area contributed by atoms with Gasteiger partial charge in [0, 0.05) is 44.3 Å². The quantitative estimate of drug-likeness (QED) is 0.308. The molecule has 5 rings (SSSR count). The van der Waals surface area contributed by atoms with Gasteiger partial charge in [-0.2, -0.15) is 5.26 Å². The third kappa shape index (κ3) is 5.14. The Bertz CT molecular complexity index is 1470. The van der Waals surface area contributed by atoms with E-state index in [0.29, 0.717) is 16.9 Å². The molecule has 0 radical (unpaired) electrons. The minimum absolute atomic E-state index is 0.327. The van der Waals surface area contributed by atoms with E-state index in [1.807, 2.05) is 44.2 Å². The lowest BCUT2D eigenvalue weighted by Crippen LogP contribution is -2.45. The molecule has 3 aromatic carbocycles. The van der Waals surface area contributed by atoms with Crippen LogP contribution in [0.5, 0.6) is 0 Å². The van der Waals surface area contributed by atoms with Crippen molar-refractivity contribution in [3.63, 3.8) is 0 Å². The number of benzene rings is 3. The molecular weight excluding hydrogens is 470 g/mol. The summed E-state index contributed by atoms with van der Waals surface area (Å²) in [7, 11) is 0. The lowest BCUT2D eigenvalue weighted by molar-refractivity contribution is 0.132. The predicted molar refractivity (Wildman–Crippen MR) is 154 cm³/mol. The largest absolute Gasteiger partial charge is 0.301 e. The molecule has 38 heavy (non-hydrogen) atoms. The van der Waals surface area contributed by atoms with E-state index in [9.17, 15) is 10.5 Å².